The van der Waals surface area contributed by atoms with E-state index in [0.29, 0.717) is 0 Å². The Morgan fingerprint density at radius 1 is 1.00 bits per heavy atom. The molecule has 0 radical (unpaired) electrons. The molecule has 0 fully saturated rings. The Kier molecular flexibility index (Phi) is 2.77. The molecule has 21 heavy (non-hydrogen) atoms. The summed E-state index contributed by atoms with van der Waals surface area (Å²) in [4.78, 5) is 12.1. The molecule has 0 spiro atoms. The molecule has 1 atom stereocenters. The van der Waals surface area contributed by atoms with Gasteiger partial charge in [-0.05, 0) is 24.3 Å². The number of carbonyl (C=O) groups is 1. The monoisotopic (exact) mass is 288 g/mol. The molecule has 0 amide bonds. The summed E-state index contributed by atoms with van der Waals surface area (Å²) in [6, 6.07) is 7.75. The number of phenolic OH excluding ortho intramolecular Hbond substituents is 3. The predicted molar refractivity (Wildman–Crippen MR) is 71.4 cm³/mol. The molecule has 1 unspecified atom stereocenters. The molecule has 6 nitrogen and oxygen atoms in total. The number of carbonyl (C=O) groups excluding carboxylic acids is 1. The topological polar surface area (TPSA) is 107 Å². The normalized spacial score (nSPS) is 20.7. The largest absolute Gasteiger partial charge is 0.508 e. The molecule has 3 rings (SSSR count). The Morgan fingerprint density at radius 2 is 1.67 bits per heavy atom. The SMILES string of the molecule is O=C1CC(O)(c2ccc(O)cc2)Oc2cc(O)cc(O)c21. The van der Waals surface area contributed by atoms with Gasteiger partial charge >= 0.3 is 0 Å². The van der Waals surface area contributed by atoms with E-state index in [9.17, 15) is 25.2 Å². The Balaban J connectivity index is 2.09. The third-order valence-corrected chi connectivity index (χ3v) is 3.34. The van der Waals surface area contributed by atoms with E-state index in [2.05, 4.69) is 0 Å². The van der Waals surface area contributed by atoms with Crippen LogP contribution in [0.15, 0.2) is 36.4 Å². The van der Waals surface area contributed by atoms with Crippen molar-refractivity contribution >= 4 is 5.78 Å². The second-order valence-corrected chi connectivity index (χ2v) is 4.87. The van der Waals surface area contributed by atoms with Gasteiger partial charge in [-0.2, -0.15) is 0 Å². The van der Waals surface area contributed by atoms with Crippen molar-refractivity contribution in [2.45, 2.75) is 12.2 Å². The fourth-order valence-corrected chi connectivity index (χ4v) is 2.35. The van der Waals surface area contributed by atoms with Crippen LogP contribution in [0.4, 0.5) is 0 Å². The van der Waals surface area contributed by atoms with Gasteiger partial charge in [-0.25, -0.2) is 0 Å². The summed E-state index contributed by atoms with van der Waals surface area (Å²) in [6.45, 7) is 0. The maximum atomic E-state index is 12.1. The first-order chi connectivity index (χ1) is 9.89. The fourth-order valence-electron chi connectivity index (χ4n) is 2.35. The molecule has 108 valence electrons. The van der Waals surface area contributed by atoms with Crippen LogP contribution in [0.2, 0.25) is 0 Å². The Morgan fingerprint density at radius 3 is 2.33 bits per heavy atom. The molecule has 2 aromatic rings. The standard InChI is InChI=1S/C15H12O6/c16-9-3-1-8(2-4-9)15(20)7-12(19)14-11(18)5-10(17)6-13(14)21-15/h1-6,16-18,20H,7H2. The molecule has 0 bridgehead atoms. The van der Waals surface area contributed by atoms with Crippen molar-refractivity contribution in [1.82, 2.24) is 0 Å². The van der Waals surface area contributed by atoms with Gasteiger partial charge < -0.3 is 25.2 Å². The lowest BCUT2D eigenvalue weighted by Gasteiger charge is -2.33. The van der Waals surface area contributed by atoms with E-state index in [-0.39, 0.29) is 34.8 Å². The Hall–Kier alpha value is -2.73. The number of benzene rings is 2. The molecule has 4 N–H and O–H groups in total. The minimum absolute atomic E-state index is 0.0141. The van der Waals surface area contributed by atoms with Crippen LogP contribution in [-0.4, -0.2) is 26.2 Å². The number of ketones is 1. The maximum absolute atomic E-state index is 12.1. The van der Waals surface area contributed by atoms with E-state index in [4.69, 9.17) is 4.74 Å². The minimum atomic E-state index is -1.92. The predicted octanol–water partition coefficient (Wildman–Crippen LogP) is 1.61. The van der Waals surface area contributed by atoms with Gasteiger partial charge in [-0.1, -0.05) is 0 Å². The highest BCUT2D eigenvalue weighted by atomic mass is 16.6. The molecule has 0 aliphatic carbocycles. The molecule has 2 aromatic carbocycles. The van der Waals surface area contributed by atoms with E-state index >= 15 is 0 Å². The third-order valence-electron chi connectivity index (χ3n) is 3.34. The lowest BCUT2D eigenvalue weighted by molar-refractivity contribution is -0.147. The van der Waals surface area contributed by atoms with Crippen molar-refractivity contribution in [3.05, 3.63) is 47.5 Å². The maximum Gasteiger partial charge on any atom is 0.242 e. The Labute approximate surface area is 119 Å². The molecule has 0 saturated heterocycles. The van der Waals surface area contributed by atoms with E-state index in [0.717, 1.165) is 12.1 Å². The van der Waals surface area contributed by atoms with Crippen LogP contribution in [0.5, 0.6) is 23.0 Å². The van der Waals surface area contributed by atoms with Crippen LogP contribution >= 0.6 is 0 Å². The highest BCUT2D eigenvalue weighted by Crippen LogP contribution is 2.43. The summed E-state index contributed by atoms with van der Waals surface area (Å²) in [5.41, 5.74) is 0.207. The molecular formula is C15H12O6. The van der Waals surface area contributed by atoms with Gasteiger partial charge in [0, 0.05) is 17.7 Å². The van der Waals surface area contributed by atoms with Gasteiger partial charge in [0.05, 0.1) is 6.42 Å². The van der Waals surface area contributed by atoms with E-state index < -0.39 is 17.3 Å². The number of ether oxygens (including phenoxy) is 1. The molecule has 1 aliphatic heterocycles. The summed E-state index contributed by atoms with van der Waals surface area (Å²) in [6.07, 6.45) is -0.386. The summed E-state index contributed by atoms with van der Waals surface area (Å²) < 4.78 is 5.41. The van der Waals surface area contributed by atoms with Gasteiger partial charge in [-0.15, -0.1) is 0 Å². The summed E-state index contributed by atoms with van der Waals surface area (Å²) in [5, 5.41) is 39.0. The molecule has 0 saturated carbocycles. The number of hydrogen-bond acceptors (Lipinski definition) is 6. The highest BCUT2D eigenvalue weighted by molar-refractivity contribution is 6.03. The van der Waals surface area contributed by atoms with Crippen LogP contribution in [-0.2, 0) is 5.79 Å². The minimum Gasteiger partial charge on any atom is -0.508 e. The number of hydrogen-bond donors (Lipinski definition) is 4. The molecule has 1 heterocycles. The Bertz CT molecular complexity index is 722. The van der Waals surface area contributed by atoms with Crippen molar-refractivity contribution < 1.29 is 30.0 Å². The van der Waals surface area contributed by atoms with Gasteiger partial charge in [0.2, 0.25) is 5.79 Å². The van der Waals surface area contributed by atoms with Crippen LogP contribution in [0, 0.1) is 0 Å². The van der Waals surface area contributed by atoms with Crippen molar-refractivity contribution in [1.29, 1.82) is 0 Å². The van der Waals surface area contributed by atoms with Crippen molar-refractivity contribution in [3.63, 3.8) is 0 Å². The number of Topliss-reactive ketones (excluding diaryl/α,β-unsaturated/α-hetero) is 1. The first kappa shape index (κ1) is 13.3. The fraction of sp³-hybridized carbons (Fsp3) is 0.133. The van der Waals surface area contributed by atoms with Crippen LogP contribution in [0.1, 0.15) is 22.3 Å². The second kappa shape index (κ2) is 4.39. The summed E-state index contributed by atoms with van der Waals surface area (Å²) in [7, 11) is 0. The van der Waals surface area contributed by atoms with Crippen LogP contribution < -0.4 is 4.74 Å². The first-order valence-corrected chi connectivity index (χ1v) is 6.19. The average molecular weight is 288 g/mol. The van der Waals surface area contributed by atoms with Crippen LogP contribution in [0.3, 0.4) is 0 Å². The average Bonchev–Trinajstić information content (AvgIpc) is 2.37. The lowest BCUT2D eigenvalue weighted by atomic mass is 9.92. The number of fused-ring (bicyclic) bond motifs is 1. The van der Waals surface area contributed by atoms with Crippen LogP contribution in [0.25, 0.3) is 0 Å². The van der Waals surface area contributed by atoms with Crippen molar-refractivity contribution in [3.8, 4) is 23.0 Å². The smallest absolute Gasteiger partial charge is 0.242 e. The first-order valence-electron chi connectivity index (χ1n) is 6.19. The highest BCUT2D eigenvalue weighted by Gasteiger charge is 2.42. The van der Waals surface area contributed by atoms with E-state index in [1.54, 1.807) is 0 Å². The van der Waals surface area contributed by atoms with Gasteiger partial charge in [0.1, 0.15) is 28.6 Å². The quantitative estimate of drug-likeness (QED) is 0.635. The second-order valence-electron chi connectivity index (χ2n) is 4.87. The van der Waals surface area contributed by atoms with Gasteiger partial charge in [0.15, 0.2) is 5.78 Å². The zero-order valence-electron chi connectivity index (χ0n) is 10.8. The van der Waals surface area contributed by atoms with Crippen molar-refractivity contribution in [2.24, 2.45) is 0 Å². The molecule has 1 aliphatic rings. The van der Waals surface area contributed by atoms with Gasteiger partial charge in [0.25, 0.3) is 0 Å². The number of aliphatic hydroxyl groups is 1. The van der Waals surface area contributed by atoms with Gasteiger partial charge in [-0.3, -0.25) is 4.79 Å². The summed E-state index contributed by atoms with van der Waals surface area (Å²) in [5.74, 6) is -3.20. The third kappa shape index (κ3) is 2.15. The number of rotatable bonds is 1. The molecule has 6 heteroatoms. The van der Waals surface area contributed by atoms with E-state index in [1.165, 1.54) is 24.3 Å². The number of phenols is 3. The molecule has 0 aromatic heterocycles. The van der Waals surface area contributed by atoms with E-state index in [1.807, 2.05) is 0 Å². The molecular weight excluding hydrogens is 276 g/mol. The zero-order chi connectivity index (χ0) is 15.2. The zero-order valence-corrected chi connectivity index (χ0v) is 10.8. The lowest BCUT2D eigenvalue weighted by Crippen LogP contribution is -2.39. The van der Waals surface area contributed by atoms with Crippen molar-refractivity contribution in [2.75, 3.05) is 0 Å². The summed E-state index contributed by atoms with van der Waals surface area (Å²) >= 11 is 0. The number of aromatic hydroxyl groups is 3.